The third kappa shape index (κ3) is 2.06. The van der Waals surface area contributed by atoms with E-state index in [0.29, 0.717) is 5.02 Å². The summed E-state index contributed by atoms with van der Waals surface area (Å²) in [6, 6.07) is 9.47. The molecule has 15 heavy (non-hydrogen) atoms. The highest BCUT2D eigenvalue weighted by molar-refractivity contribution is 6.31. The first-order valence-electron chi connectivity index (χ1n) is 4.77. The van der Waals surface area contributed by atoms with E-state index in [4.69, 9.17) is 21.8 Å². The molecule has 1 heterocycles. The van der Waals surface area contributed by atoms with Crippen LogP contribution in [-0.2, 0) is 0 Å². The third-order valence-corrected chi connectivity index (χ3v) is 2.62. The van der Waals surface area contributed by atoms with Gasteiger partial charge < -0.3 is 10.2 Å². The highest BCUT2D eigenvalue weighted by Crippen LogP contribution is 2.28. The quantitative estimate of drug-likeness (QED) is 0.841. The molecular formula is C12H12ClNO. The Balaban J connectivity index is 2.42. The molecule has 1 atom stereocenters. The van der Waals surface area contributed by atoms with Crippen molar-refractivity contribution in [2.45, 2.75) is 13.0 Å². The smallest absolute Gasteiger partial charge is 0.133 e. The fourth-order valence-corrected chi connectivity index (χ4v) is 1.85. The van der Waals surface area contributed by atoms with Gasteiger partial charge in [0.15, 0.2) is 0 Å². The molecule has 2 N–H and O–H groups in total. The summed E-state index contributed by atoms with van der Waals surface area (Å²) >= 11 is 6.12. The molecule has 0 saturated heterocycles. The molecule has 1 unspecified atom stereocenters. The van der Waals surface area contributed by atoms with Crippen LogP contribution in [0.2, 0.25) is 5.02 Å². The molecule has 3 heteroatoms. The van der Waals surface area contributed by atoms with Crippen molar-refractivity contribution in [3.8, 4) is 11.3 Å². The van der Waals surface area contributed by atoms with Crippen LogP contribution in [0.5, 0.6) is 0 Å². The summed E-state index contributed by atoms with van der Waals surface area (Å²) in [6.07, 6.45) is 1.64. The van der Waals surface area contributed by atoms with Crippen LogP contribution in [0, 0.1) is 0 Å². The average molecular weight is 222 g/mol. The number of halogens is 1. The van der Waals surface area contributed by atoms with E-state index in [0.717, 1.165) is 16.9 Å². The van der Waals surface area contributed by atoms with Crippen LogP contribution in [0.25, 0.3) is 11.3 Å². The molecule has 0 aliphatic heterocycles. The van der Waals surface area contributed by atoms with Crippen LogP contribution in [0.15, 0.2) is 41.0 Å². The van der Waals surface area contributed by atoms with Gasteiger partial charge in [0.25, 0.3) is 0 Å². The van der Waals surface area contributed by atoms with E-state index < -0.39 is 0 Å². The molecule has 0 fully saturated rings. The molecular weight excluding hydrogens is 210 g/mol. The van der Waals surface area contributed by atoms with Gasteiger partial charge in [-0.2, -0.15) is 0 Å². The van der Waals surface area contributed by atoms with Gasteiger partial charge in [0.1, 0.15) is 5.76 Å². The molecule has 2 aromatic rings. The van der Waals surface area contributed by atoms with Crippen molar-refractivity contribution < 1.29 is 4.42 Å². The fraction of sp³-hybridized carbons (Fsp3) is 0.167. The van der Waals surface area contributed by atoms with Crippen LogP contribution >= 0.6 is 11.6 Å². The predicted octanol–water partition coefficient (Wildman–Crippen LogP) is 3.62. The van der Waals surface area contributed by atoms with Gasteiger partial charge in [-0.15, -0.1) is 0 Å². The monoisotopic (exact) mass is 221 g/mol. The van der Waals surface area contributed by atoms with Crippen LogP contribution in [-0.4, -0.2) is 0 Å². The number of benzene rings is 1. The van der Waals surface area contributed by atoms with Gasteiger partial charge in [-0.05, 0) is 30.7 Å². The summed E-state index contributed by atoms with van der Waals surface area (Å²) in [6.45, 7) is 1.91. The zero-order valence-electron chi connectivity index (χ0n) is 8.41. The zero-order valence-corrected chi connectivity index (χ0v) is 9.16. The lowest BCUT2D eigenvalue weighted by atomic mass is 10.1. The fourth-order valence-electron chi connectivity index (χ4n) is 1.49. The second kappa shape index (κ2) is 4.09. The van der Waals surface area contributed by atoms with Crippen LogP contribution in [0.4, 0.5) is 0 Å². The van der Waals surface area contributed by atoms with Crippen molar-refractivity contribution in [3.63, 3.8) is 0 Å². The molecule has 0 aliphatic carbocycles. The Hall–Kier alpha value is -1.25. The van der Waals surface area contributed by atoms with E-state index in [-0.39, 0.29) is 6.04 Å². The largest absolute Gasteiger partial charge is 0.464 e. The predicted molar refractivity (Wildman–Crippen MR) is 61.8 cm³/mol. The van der Waals surface area contributed by atoms with E-state index in [9.17, 15) is 0 Å². The molecule has 0 bridgehead atoms. The zero-order chi connectivity index (χ0) is 10.8. The Kier molecular flexibility index (Phi) is 2.80. The van der Waals surface area contributed by atoms with Crippen molar-refractivity contribution in [2.75, 3.05) is 0 Å². The SMILES string of the molecule is CC(N)c1ccc(-c2ccco2)cc1Cl. The Morgan fingerprint density at radius 2 is 2.13 bits per heavy atom. The highest BCUT2D eigenvalue weighted by Gasteiger charge is 2.07. The molecule has 1 aromatic heterocycles. The second-order valence-corrected chi connectivity index (χ2v) is 3.91. The Labute approximate surface area is 93.7 Å². The molecule has 2 nitrogen and oxygen atoms in total. The molecule has 0 spiro atoms. The Bertz CT molecular complexity index is 449. The van der Waals surface area contributed by atoms with Crippen molar-refractivity contribution in [1.82, 2.24) is 0 Å². The standard InChI is InChI=1S/C12H12ClNO/c1-8(14)10-5-4-9(7-11(10)13)12-3-2-6-15-12/h2-8H,14H2,1H3. The Morgan fingerprint density at radius 1 is 1.33 bits per heavy atom. The van der Waals surface area contributed by atoms with Crippen LogP contribution in [0.3, 0.4) is 0 Å². The molecule has 2 rings (SSSR count). The Morgan fingerprint density at radius 3 is 2.67 bits per heavy atom. The summed E-state index contributed by atoms with van der Waals surface area (Å²) < 4.78 is 5.28. The summed E-state index contributed by atoms with van der Waals surface area (Å²) in [5.41, 5.74) is 7.69. The molecule has 1 aromatic carbocycles. The van der Waals surface area contributed by atoms with Crippen LogP contribution < -0.4 is 5.73 Å². The van der Waals surface area contributed by atoms with Gasteiger partial charge >= 0.3 is 0 Å². The first-order valence-corrected chi connectivity index (χ1v) is 5.15. The maximum absolute atomic E-state index is 6.12. The number of rotatable bonds is 2. The highest BCUT2D eigenvalue weighted by atomic mass is 35.5. The van der Waals surface area contributed by atoms with E-state index in [1.807, 2.05) is 37.3 Å². The minimum Gasteiger partial charge on any atom is -0.464 e. The van der Waals surface area contributed by atoms with Gasteiger partial charge in [0, 0.05) is 16.6 Å². The molecule has 0 radical (unpaired) electrons. The van der Waals surface area contributed by atoms with E-state index in [1.54, 1.807) is 6.26 Å². The number of hydrogen-bond donors (Lipinski definition) is 1. The topological polar surface area (TPSA) is 39.2 Å². The van der Waals surface area contributed by atoms with Gasteiger partial charge in [0.05, 0.1) is 6.26 Å². The maximum Gasteiger partial charge on any atom is 0.133 e. The van der Waals surface area contributed by atoms with Crippen molar-refractivity contribution >= 4 is 11.6 Å². The van der Waals surface area contributed by atoms with Crippen LogP contribution in [0.1, 0.15) is 18.5 Å². The third-order valence-electron chi connectivity index (χ3n) is 2.30. The van der Waals surface area contributed by atoms with E-state index in [2.05, 4.69) is 0 Å². The van der Waals surface area contributed by atoms with Crippen molar-refractivity contribution in [2.24, 2.45) is 5.73 Å². The lowest BCUT2D eigenvalue weighted by Crippen LogP contribution is -2.05. The van der Waals surface area contributed by atoms with E-state index >= 15 is 0 Å². The van der Waals surface area contributed by atoms with Gasteiger partial charge in [-0.1, -0.05) is 23.7 Å². The van der Waals surface area contributed by atoms with E-state index in [1.165, 1.54) is 0 Å². The molecule has 0 saturated carbocycles. The van der Waals surface area contributed by atoms with Crippen molar-refractivity contribution in [1.29, 1.82) is 0 Å². The van der Waals surface area contributed by atoms with Gasteiger partial charge in [-0.3, -0.25) is 0 Å². The normalized spacial score (nSPS) is 12.7. The van der Waals surface area contributed by atoms with Gasteiger partial charge in [0.2, 0.25) is 0 Å². The molecule has 0 amide bonds. The average Bonchev–Trinajstić information content (AvgIpc) is 2.69. The number of furan rings is 1. The first kappa shape index (κ1) is 10.3. The summed E-state index contributed by atoms with van der Waals surface area (Å²) in [5.74, 6) is 0.813. The lowest BCUT2D eigenvalue weighted by molar-refractivity contribution is 0.582. The summed E-state index contributed by atoms with van der Waals surface area (Å²) in [7, 11) is 0. The number of hydrogen-bond acceptors (Lipinski definition) is 2. The first-order chi connectivity index (χ1) is 7.18. The minimum atomic E-state index is -0.0526. The lowest BCUT2D eigenvalue weighted by Gasteiger charge is -2.08. The second-order valence-electron chi connectivity index (χ2n) is 3.50. The number of nitrogens with two attached hydrogens (primary N) is 1. The van der Waals surface area contributed by atoms with Crippen molar-refractivity contribution in [3.05, 3.63) is 47.2 Å². The van der Waals surface area contributed by atoms with Gasteiger partial charge in [-0.25, -0.2) is 0 Å². The summed E-state index contributed by atoms with van der Waals surface area (Å²) in [4.78, 5) is 0. The molecule has 0 aliphatic rings. The minimum absolute atomic E-state index is 0.0526. The maximum atomic E-state index is 6.12. The molecule has 78 valence electrons. The summed E-state index contributed by atoms with van der Waals surface area (Å²) in [5, 5.41) is 0.680.